The molecule has 0 radical (unpaired) electrons. The van der Waals surface area contributed by atoms with Crippen LogP contribution in [0.15, 0.2) is 57.5 Å². The number of anilines is 1. The predicted molar refractivity (Wildman–Crippen MR) is 150 cm³/mol. The molecule has 2 atom stereocenters. The second kappa shape index (κ2) is 11.9. The van der Waals surface area contributed by atoms with E-state index in [1.165, 1.54) is 6.07 Å². The Morgan fingerprint density at radius 2 is 1.93 bits per heavy atom. The molecule has 2 unspecified atom stereocenters. The van der Waals surface area contributed by atoms with Gasteiger partial charge in [0, 0.05) is 32.7 Å². The van der Waals surface area contributed by atoms with Crippen LogP contribution >= 0.6 is 15.9 Å². The molecule has 40 heavy (non-hydrogen) atoms. The second-order valence-corrected chi connectivity index (χ2v) is 10.5. The van der Waals surface area contributed by atoms with Crippen molar-refractivity contribution in [3.8, 4) is 16.9 Å². The molecule has 1 aliphatic rings. The van der Waals surface area contributed by atoms with Gasteiger partial charge < -0.3 is 14.6 Å². The predicted octanol–water partition coefficient (Wildman–Crippen LogP) is 5.42. The number of urea groups is 1. The van der Waals surface area contributed by atoms with Crippen molar-refractivity contribution in [3.05, 3.63) is 81.7 Å². The molecule has 4 aromatic rings. The fourth-order valence-electron chi connectivity index (χ4n) is 5.07. The Morgan fingerprint density at radius 1 is 1.15 bits per heavy atom. The van der Waals surface area contributed by atoms with E-state index in [0.29, 0.717) is 59.2 Å². The van der Waals surface area contributed by atoms with Gasteiger partial charge in [0.05, 0.1) is 34.1 Å². The van der Waals surface area contributed by atoms with Crippen molar-refractivity contribution in [3.63, 3.8) is 0 Å². The van der Waals surface area contributed by atoms with E-state index >= 15 is 0 Å². The van der Waals surface area contributed by atoms with E-state index in [9.17, 15) is 13.6 Å². The first-order valence-electron chi connectivity index (χ1n) is 12.8. The molecule has 210 valence electrons. The summed E-state index contributed by atoms with van der Waals surface area (Å²) in [4.78, 5) is 15.6. The third-order valence-corrected chi connectivity index (χ3v) is 7.78. The molecule has 12 heteroatoms. The fourth-order valence-corrected chi connectivity index (χ4v) is 5.62. The second-order valence-electron chi connectivity index (χ2n) is 9.70. The van der Waals surface area contributed by atoms with Crippen LogP contribution in [0.4, 0.5) is 19.4 Å². The SMILES string of the molecule is COCCN1CC(NC(=O)Nc2c(Br)c(-c3c(C)noc3C)nn2-c2ccccc2)C(c2ccc(F)c(F)c2)C1. The zero-order chi connectivity index (χ0) is 28.4. The van der Waals surface area contributed by atoms with E-state index in [4.69, 9.17) is 14.4 Å². The summed E-state index contributed by atoms with van der Waals surface area (Å²) in [6.45, 7) is 5.86. The number of benzene rings is 2. The number of para-hydroxylation sites is 1. The minimum Gasteiger partial charge on any atom is -0.383 e. The highest BCUT2D eigenvalue weighted by molar-refractivity contribution is 9.10. The molecule has 0 bridgehead atoms. The van der Waals surface area contributed by atoms with Gasteiger partial charge in [-0.2, -0.15) is 5.10 Å². The monoisotopic (exact) mass is 614 g/mol. The molecule has 1 saturated heterocycles. The number of hydrogen-bond acceptors (Lipinski definition) is 6. The molecule has 0 aliphatic carbocycles. The molecule has 3 heterocycles. The van der Waals surface area contributed by atoms with E-state index in [1.54, 1.807) is 24.8 Å². The third-order valence-electron chi connectivity index (χ3n) is 7.03. The molecular weight excluding hydrogens is 586 g/mol. The van der Waals surface area contributed by atoms with Gasteiger partial charge in [0.15, 0.2) is 17.5 Å². The molecule has 9 nitrogen and oxygen atoms in total. The van der Waals surface area contributed by atoms with Gasteiger partial charge in [-0.15, -0.1) is 0 Å². The van der Waals surface area contributed by atoms with Crippen molar-refractivity contribution in [1.29, 1.82) is 0 Å². The number of carbonyl (C=O) groups excluding carboxylic acids is 1. The lowest BCUT2D eigenvalue weighted by Gasteiger charge is -2.21. The number of rotatable bonds is 8. The quantitative estimate of drug-likeness (QED) is 0.275. The number of aryl methyl sites for hydroxylation is 2. The van der Waals surface area contributed by atoms with Crippen LogP contribution < -0.4 is 10.6 Å². The van der Waals surface area contributed by atoms with E-state index in [2.05, 4.69) is 36.6 Å². The van der Waals surface area contributed by atoms with Crippen LogP contribution in [0.2, 0.25) is 0 Å². The minimum absolute atomic E-state index is 0.252. The summed E-state index contributed by atoms with van der Waals surface area (Å²) in [5.74, 6) is -1.06. The van der Waals surface area contributed by atoms with Crippen LogP contribution in [0.5, 0.6) is 0 Å². The van der Waals surface area contributed by atoms with Crippen LogP contribution in [0, 0.1) is 25.5 Å². The average Bonchev–Trinajstić information content (AvgIpc) is 3.60. The molecule has 2 amide bonds. The smallest absolute Gasteiger partial charge is 0.320 e. The standard InChI is InChI=1S/C28H29BrF2N6O3/c1-16-24(17(2)40-35-16)26-25(29)27(37(34-26)19-7-5-4-6-8-19)33-28(38)32-23-15-36(11-12-39-3)14-20(23)18-9-10-21(30)22(31)13-18/h4-10,13,20,23H,11-12,14-15H2,1-3H3,(H2,32,33,38). The third kappa shape index (κ3) is 5.65. The molecular formula is C28H29BrF2N6O3. The Labute approximate surface area is 238 Å². The van der Waals surface area contributed by atoms with Crippen molar-refractivity contribution < 1.29 is 22.8 Å². The molecule has 1 fully saturated rings. The number of likely N-dealkylation sites (tertiary alicyclic amines) is 1. The number of carbonyl (C=O) groups is 1. The minimum atomic E-state index is -0.918. The Bertz CT molecular complexity index is 1490. The molecule has 2 N–H and O–H groups in total. The molecule has 1 aliphatic heterocycles. The number of nitrogens with one attached hydrogen (secondary N) is 2. The number of hydrogen-bond donors (Lipinski definition) is 2. The van der Waals surface area contributed by atoms with Gasteiger partial charge in [0.25, 0.3) is 0 Å². The summed E-state index contributed by atoms with van der Waals surface area (Å²) in [6.07, 6.45) is 0. The first-order valence-corrected chi connectivity index (χ1v) is 13.6. The Balaban J connectivity index is 1.44. The van der Waals surface area contributed by atoms with Crippen LogP contribution in [0.3, 0.4) is 0 Å². The fraction of sp³-hybridized carbons (Fsp3) is 0.321. The van der Waals surface area contributed by atoms with Gasteiger partial charge in [0.1, 0.15) is 11.5 Å². The van der Waals surface area contributed by atoms with Crippen LogP contribution in [0.1, 0.15) is 22.9 Å². The summed E-state index contributed by atoms with van der Waals surface area (Å²) in [6, 6.07) is 12.5. The maximum absolute atomic E-state index is 14.1. The van der Waals surface area contributed by atoms with Gasteiger partial charge in [0.2, 0.25) is 0 Å². The molecule has 2 aromatic heterocycles. The molecule has 2 aromatic carbocycles. The van der Waals surface area contributed by atoms with Crippen molar-refractivity contribution in [1.82, 2.24) is 25.2 Å². The van der Waals surface area contributed by atoms with E-state index in [-0.39, 0.29) is 12.0 Å². The topological polar surface area (TPSA) is 97.5 Å². The highest BCUT2D eigenvalue weighted by Crippen LogP contribution is 2.38. The zero-order valence-electron chi connectivity index (χ0n) is 22.2. The number of ether oxygens (including phenoxy) is 1. The first kappa shape index (κ1) is 27.9. The Kier molecular flexibility index (Phi) is 8.29. The van der Waals surface area contributed by atoms with Gasteiger partial charge in [-0.25, -0.2) is 18.3 Å². The van der Waals surface area contributed by atoms with Crippen molar-refractivity contribution >= 4 is 27.8 Å². The van der Waals surface area contributed by atoms with Crippen LogP contribution in [0.25, 0.3) is 16.9 Å². The summed E-state index contributed by atoms with van der Waals surface area (Å²) >= 11 is 3.64. The molecule has 0 saturated carbocycles. The van der Waals surface area contributed by atoms with Gasteiger partial charge in [-0.05, 0) is 59.6 Å². The number of nitrogens with zero attached hydrogens (tertiary/aromatic N) is 4. The van der Waals surface area contributed by atoms with E-state index in [0.717, 1.165) is 17.3 Å². The number of amides is 2. The van der Waals surface area contributed by atoms with Crippen LogP contribution in [-0.2, 0) is 4.74 Å². The normalized spacial score (nSPS) is 17.4. The summed E-state index contributed by atoms with van der Waals surface area (Å²) in [5.41, 5.74) is 3.32. The summed E-state index contributed by atoms with van der Waals surface area (Å²) in [5, 5.41) is 14.8. The number of halogens is 3. The Hall–Kier alpha value is -3.61. The van der Waals surface area contributed by atoms with E-state index in [1.807, 2.05) is 37.3 Å². The molecule has 0 spiro atoms. The van der Waals surface area contributed by atoms with Crippen molar-refractivity contribution in [2.24, 2.45) is 0 Å². The van der Waals surface area contributed by atoms with Crippen molar-refractivity contribution in [2.75, 3.05) is 38.7 Å². The van der Waals surface area contributed by atoms with Gasteiger partial charge >= 0.3 is 6.03 Å². The highest BCUT2D eigenvalue weighted by Gasteiger charge is 2.35. The molecule has 5 rings (SSSR count). The lowest BCUT2D eigenvalue weighted by atomic mass is 9.94. The van der Waals surface area contributed by atoms with Crippen LogP contribution in [-0.4, -0.2) is 65.3 Å². The maximum Gasteiger partial charge on any atom is 0.320 e. The highest BCUT2D eigenvalue weighted by atomic mass is 79.9. The Morgan fingerprint density at radius 3 is 2.60 bits per heavy atom. The zero-order valence-corrected chi connectivity index (χ0v) is 23.8. The number of aromatic nitrogens is 3. The average molecular weight is 615 g/mol. The number of methoxy groups -OCH3 is 1. The largest absolute Gasteiger partial charge is 0.383 e. The van der Waals surface area contributed by atoms with E-state index < -0.39 is 17.7 Å². The first-order chi connectivity index (χ1) is 19.3. The lowest BCUT2D eigenvalue weighted by Crippen LogP contribution is -2.42. The van der Waals surface area contributed by atoms with Gasteiger partial charge in [-0.1, -0.05) is 29.4 Å². The summed E-state index contributed by atoms with van der Waals surface area (Å²) in [7, 11) is 1.62. The maximum atomic E-state index is 14.1. The van der Waals surface area contributed by atoms with Crippen molar-refractivity contribution in [2.45, 2.75) is 25.8 Å². The van der Waals surface area contributed by atoms with Gasteiger partial charge in [-0.3, -0.25) is 10.2 Å². The lowest BCUT2D eigenvalue weighted by molar-refractivity contribution is 0.159. The summed E-state index contributed by atoms with van der Waals surface area (Å²) < 4.78 is 40.5.